The number of hydrogen-bond acceptors (Lipinski definition) is 8. The fourth-order valence-electron chi connectivity index (χ4n) is 4.20. The van der Waals surface area contributed by atoms with E-state index in [0.29, 0.717) is 0 Å². The summed E-state index contributed by atoms with van der Waals surface area (Å²) in [7, 11) is 0. The molecule has 5 amide bonds. The predicted molar refractivity (Wildman–Crippen MR) is 155 cm³/mol. The second-order valence-corrected chi connectivity index (χ2v) is 12.4. The second kappa shape index (κ2) is 18.8. The van der Waals surface area contributed by atoms with Crippen molar-refractivity contribution in [2.24, 2.45) is 17.8 Å². The molecule has 0 aromatic heterocycles. The van der Waals surface area contributed by atoms with Crippen molar-refractivity contribution in [3.63, 3.8) is 0 Å². The number of alkyl halides is 6. The molecule has 20 heteroatoms. The number of carbonyl (C=O) groups is 6. The molecule has 0 heterocycles. The van der Waals surface area contributed by atoms with Gasteiger partial charge in [0, 0.05) is 6.42 Å². The van der Waals surface area contributed by atoms with Crippen LogP contribution in [0.15, 0.2) is 0 Å². The predicted octanol–water partition coefficient (Wildman–Crippen LogP) is 0.500. The van der Waals surface area contributed by atoms with E-state index in [2.05, 4.69) is 10.6 Å². The number of aliphatic hydroxyl groups is 2. The fourth-order valence-corrected chi connectivity index (χ4v) is 4.20. The lowest BCUT2D eigenvalue weighted by atomic mass is 9.98. The second-order valence-electron chi connectivity index (χ2n) is 12.4. The minimum Gasteiger partial charge on any atom is -0.481 e. The van der Waals surface area contributed by atoms with E-state index in [1.807, 2.05) is 0 Å². The Balaban J connectivity index is 5.71. The highest BCUT2D eigenvalue weighted by molar-refractivity contribution is 5.92. The molecule has 0 saturated carbocycles. The molecule has 0 aliphatic rings. The summed E-state index contributed by atoms with van der Waals surface area (Å²) in [6, 6.07) is -10.8. The van der Waals surface area contributed by atoms with Crippen molar-refractivity contribution in [3.05, 3.63) is 0 Å². The number of carboxylic acid groups (broad SMARTS) is 1. The maximum absolute atomic E-state index is 13.9. The van der Waals surface area contributed by atoms with Gasteiger partial charge in [-0.05, 0) is 24.7 Å². The van der Waals surface area contributed by atoms with Gasteiger partial charge in [-0.2, -0.15) is 26.3 Å². The Morgan fingerprint density at radius 1 is 0.542 bits per heavy atom. The first kappa shape index (κ1) is 44.3. The number of hydrogen-bond donors (Lipinski definition) is 8. The molecule has 48 heavy (non-hydrogen) atoms. The van der Waals surface area contributed by atoms with E-state index in [9.17, 15) is 65.3 Å². The molecular weight excluding hydrogens is 664 g/mol. The highest BCUT2D eigenvalue weighted by Crippen LogP contribution is 2.26. The monoisotopic (exact) mass is 709 g/mol. The van der Waals surface area contributed by atoms with Crippen LogP contribution >= 0.6 is 0 Å². The van der Waals surface area contributed by atoms with Crippen molar-refractivity contribution in [2.75, 3.05) is 0 Å². The number of aliphatic carboxylic acids is 1. The topological polar surface area (TPSA) is 223 Å². The van der Waals surface area contributed by atoms with Gasteiger partial charge in [0.05, 0.1) is 25.0 Å². The van der Waals surface area contributed by atoms with Crippen molar-refractivity contribution in [3.8, 4) is 0 Å². The number of nitrogens with one attached hydrogen (secondary N) is 5. The van der Waals surface area contributed by atoms with Gasteiger partial charge in [-0.15, -0.1) is 0 Å². The van der Waals surface area contributed by atoms with Gasteiger partial charge >= 0.3 is 18.3 Å². The van der Waals surface area contributed by atoms with Crippen LogP contribution in [0.1, 0.15) is 67.7 Å². The SMILES string of the molecule is CC(C)CC(=O)NC(C(=O)NC(C(=O)NC(C(O)CC(=O)NC(C)C(=O)NC(C(O)CC(=O)O)C(F)(F)F)C(F)(F)F)C(C)C)C(C)C. The zero-order valence-corrected chi connectivity index (χ0v) is 27.5. The quantitative estimate of drug-likeness (QED) is 0.0927. The molecule has 0 spiro atoms. The van der Waals surface area contributed by atoms with Gasteiger partial charge in [0.2, 0.25) is 29.5 Å². The summed E-state index contributed by atoms with van der Waals surface area (Å²) in [6.45, 7) is 10.3. The van der Waals surface area contributed by atoms with Gasteiger partial charge in [0.15, 0.2) is 12.1 Å². The Kier molecular flexibility index (Phi) is 17.3. The average molecular weight is 710 g/mol. The van der Waals surface area contributed by atoms with Crippen LogP contribution in [0.4, 0.5) is 26.3 Å². The molecule has 7 unspecified atom stereocenters. The first-order chi connectivity index (χ1) is 21.7. The Morgan fingerprint density at radius 2 is 0.917 bits per heavy atom. The Labute approximate surface area is 273 Å². The zero-order chi connectivity index (χ0) is 37.9. The maximum atomic E-state index is 13.9. The molecule has 0 saturated heterocycles. The van der Waals surface area contributed by atoms with Crippen LogP contribution in [0, 0.1) is 17.8 Å². The van der Waals surface area contributed by atoms with Crippen LogP contribution in [0.3, 0.4) is 0 Å². The van der Waals surface area contributed by atoms with Crippen molar-refractivity contribution >= 4 is 35.5 Å². The normalized spacial score (nSPS) is 16.6. The molecular formula is C28H45F6N5O9. The lowest BCUT2D eigenvalue weighted by Gasteiger charge is -2.31. The van der Waals surface area contributed by atoms with E-state index in [-0.39, 0.29) is 12.3 Å². The van der Waals surface area contributed by atoms with Crippen molar-refractivity contribution in [2.45, 2.75) is 122 Å². The number of carbonyl (C=O) groups excluding carboxylic acids is 5. The first-order valence-corrected chi connectivity index (χ1v) is 14.9. The molecule has 0 bridgehead atoms. The van der Waals surface area contributed by atoms with E-state index < -0.39 is 115 Å². The Morgan fingerprint density at radius 3 is 1.31 bits per heavy atom. The smallest absolute Gasteiger partial charge is 0.411 e. The lowest BCUT2D eigenvalue weighted by Crippen LogP contribution is -2.61. The number of rotatable bonds is 18. The van der Waals surface area contributed by atoms with Crippen molar-refractivity contribution < 1.29 is 70.4 Å². The van der Waals surface area contributed by atoms with Gasteiger partial charge in [0.1, 0.15) is 18.1 Å². The summed E-state index contributed by atoms with van der Waals surface area (Å²) < 4.78 is 81.5. The average Bonchev–Trinajstić information content (AvgIpc) is 2.88. The van der Waals surface area contributed by atoms with E-state index in [1.54, 1.807) is 38.3 Å². The summed E-state index contributed by atoms with van der Waals surface area (Å²) in [5.41, 5.74) is 0. The number of carboxylic acids is 1. The highest BCUT2D eigenvalue weighted by Gasteiger charge is 2.48. The maximum Gasteiger partial charge on any atom is 0.411 e. The molecule has 278 valence electrons. The highest BCUT2D eigenvalue weighted by atomic mass is 19.4. The Bertz CT molecular complexity index is 1130. The number of halogens is 6. The van der Waals surface area contributed by atoms with Crippen molar-refractivity contribution in [1.82, 2.24) is 26.6 Å². The molecule has 0 aliphatic heterocycles. The zero-order valence-electron chi connectivity index (χ0n) is 27.5. The largest absolute Gasteiger partial charge is 0.481 e. The summed E-state index contributed by atoms with van der Waals surface area (Å²) in [6.07, 6.45) is -18.7. The number of aliphatic hydroxyl groups excluding tert-OH is 2. The van der Waals surface area contributed by atoms with Crippen LogP contribution < -0.4 is 26.6 Å². The standard InChI is InChI=1S/C28H45F6N5O9/c1-11(2)8-17(42)36-20(12(3)4)25(47)37-21(13(5)6)26(48)39-22(27(29,30)31)15(40)9-18(43)35-14(7)24(46)38-23(28(32,33)34)16(41)10-19(44)45/h11-16,20-23,40-41H,8-10H2,1-7H3,(H,35,43)(H,36,42)(H,37,47)(H,38,46)(H,39,48)(H,44,45). The molecule has 8 N–H and O–H groups in total. The molecule has 0 radical (unpaired) electrons. The summed E-state index contributed by atoms with van der Waals surface area (Å²) in [5, 5.41) is 38.0. The molecule has 7 atom stereocenters. The van der Waals surface area contributed by atoms with E-state index in [0.717, 1.165) is 6.92 Å². The van der Waals surface area contributed by atoms with Crippen molar-refractivity contribution in [1.29, 1.82) is 0 Å². The van der Waals surface area contributed by atoms with Crippen LogP contribution in [-0.4, -0.2) is 106 Å². The lowest BCUT2D eigenvalue weighted by molar-refractivity contribution is -0.184. The molecule has 0 aromatic rings. The van der Waals surface area contributed by atoms with E-state index in [4.69, 9.17) is 5.11 Å². The van der Waals surface area contributed by atoms with Gasteiger partial charge < -0.3 is 41.9 Å². The summed E-state index contributed by atoms with van der Waals surface area (Å²) in [5.74, 6) is -8.96. The minimum atomic E-state index is -5.37. The van der Waals surface area contributed by atoms with Gasteiger partial charge in [0.25, 0.3) is 0 Å². The third-order valence-corrected chi connectivity index (χ3v) is 6.73. The molecule has 0 rings (SSSR count). The third-order valence-electron chi connectivity index (χ3n) is 6.73. The van der Waals surface area contributed by atoms with Crippen LogP contribution in [0.5, 0.6) is 0 Å². The van der Waals surface area contributed by atoms with Crippen LogP contribution in [-0.2, 0) is 28.8 Å². The first-order valence-electron chi connectivity index (χ1n) is 14.9. The van der Waals surface area contributed by atoms with Crippen LogP contribution in [0.2, 0.25) is 0 Å². The minimum absolute atomic E-state index is 0.0468. The molecule has 0 aromatic carbocycles. The van der Waals surface area contributed by atoms with Crippen LogP contribution in [0.25, 0.3) is 0 Å². The molecule has 0 fully saturated rings. The van der Waals surface area contributed by atoms with Gasteiger partial charge in [-0.25, -0.2) is 0 Å². The molecule has 0 aliphatic carbocycles. The van der Waals surface area contributed by atoms with E-state index >= 15 is 0 Å². The van der Waals surface area contributed by atoms with Gasteiger partial charge in [-0.3, -0.25) is 28.8 Å². The summed E-state index contributed by atoms with van der Waals surface area (Å²) >= 11 is 0. The number of amides is 5. The fraction of sp³-hybridized carbons (Fsp3) is 0.786. The van der Waals surface area contributed by atoms with E-state index in [1.165, 1.54) is 19.2 Å². The summed E-state index contributed by atoms with van der Waals surface area (Å²) in [4.78, 5) is 73.5. The Hall–Kier alpha value is -3.68. The third kappa shape index (κ3) is 15.5. The molecule has 14 nitrogen and oxygen atoms in total. The van der Waals surface area contributed by atoms with Gasteiger partial charge in [-0.1, -0.05) is 41.5 Å².